The van der Waals surface area contributed by atoms with Crippen molar-refractivity contribution in [3.8, 4) is 0 Å². The molecule has 0 amide bonds. The van der Waals surface area contributed by atoms with E-state index in [1.165, 1.54) is 5.57 Å². The first-order valence-corrected chi connectivity index (χ1v) is 15.3. The van der Waals surface area contributed by atoms with Crippen LogP contribution in [0.3, 0.4) is 0 Å². The molecular formula is C36H46N2O4. The predicted molar refractivity (Wildman–Crippen MR) is 172 cm³/mol. The Morgan fingerprint density at radius 1 is 1.24 bits per heavy atom. The van der Waals surface area contributed by atoms with E-state index >= 15 is 0 Å². The molecule has 2 aliphatic carbocycles. The number of aromatic nitrogens is 1. The standard InChI is InChI=1S/C34H40N2O4.C2H6/c1-4-12-28(13-9-10-18-33(37)38)26(5-2)20-19-25(3)27-14-11-16-30-32(22-21-27)39-24-23-36(30)34-35-29-15-7-6-8-17-31(29)40-34;1-2/h5-8,11,14,17,19-22,28,32H,2,4,9-10,12-13,15,18,23-24H2,1,3H3,(H,37,38);1-2H3/b22-21?,25-19+,26-20+,27-14+;/t16?,28-,32?;/m0./s1. The second-order valence-corrected chi connectivity index (χ2v) is 10.3. The molecule has 6 heteroatoms. The molecule has 1 fully saturated rings. The SMILES string of the molecule is C=C\C(=C/C=C(C)/C1=C/C=C=C2C(C=C1)OCCN2c1nc2c(o1)C=CC=CC2)[C@@H](CCC)CCCCC(=O)O.CC. The van der Waals surface area contributed by atoms with Crippen molar-refractivity contribution in [2.24, 2.45) is 5.92 Å². The van der Waals surface area contributed by atoms with Crippen LogP contribution < -0.4 is 4.90 Å². The molecule has 2 heterocycles. The van der Waals surface area contributed by atoms with Crippen molar-refractivity contribution in [2.75, 3.05) is 18.1 Å². The van der Waals surface area contributed by atoms with Crippen molar-refractivity contribution in [1.29, 1.82) is 0 Å². The van der Waals surface area contributed by atoms with Crippen LogP contribution in [0.5, 0.6) is 0 Å². The number of ether oxygens (including phenoxy) is 1. The highest BCUT2D eigenvalue weighted by Crippen LogP contribution is 2.30. The van der Waals surface area contributed by atoms with Gasteiger partial charge in [-0.05, 0) is 73.1 Å². The highest BCUT2D eigenvalue weighted by Gasteiger charge is 2.29. The number of aliphatic carboxylic acids is 1. The molecule has 6 nitrogen and oxygen atoms in total. The number of oxazole rings is 1. The van der Waals surface area contributed by atoms with Crippen LogP contribution in [0.25, 0.3) is 6.08 Å². The van der Waals surface area contributed by atoms with Crippen molar-refractivity contribution in [2.45, 2.75) is 78.7 Å². The zero-order chi connectivity index (χ0) is 30.3. The molecular weight excluding hydrogens is 524 g/mol. The van der Waals surface area contributed by atoms with Gasteiger partial charge in [0.1, 0.15) is 6.10 Å². The molecule has 0 radical (unpaired) electrons. The summed E-state index contributed by atoms with van der Waals surface area (Å²) in [5.41, 5.74) is 8.66. The van der Waals surface area contributed by atoms with Crippen LogP contribution in [-0.4, -0.2) is 35.3 Å². The van der Waals surface area contributed by atoms with Crippen LogP contribution in [0.4, 0.5) is 6.01 Å². The first-order valence-electron chi connectivity index (χ1n) is 15.3. The molecule has 0 spiro atoms. The predicted octanol–water partition coefficient (Wildman–Crippen LogP) is 8.69. The molecule has 4 rings (SSSR count). The summed E-state index contributed by atoms with van der Waals surface area (Å²) in [6, 6.07) is 0.579. The van der Waals surface area contributed by atoms with Gasteiger partial charge in [-0.2, -0.15) is 4.98 Å². The van der Waals surface area contributed by atoms with Gasteiger partial charge < -0.3 is 14.3 Å². The maximum atomic E-state index is 10.9. The van der Waals surface area contributed by atoms with Gasteiger partial charge in [-0.1, -0.05) is 88.5 Å². The number of unbranched alkanes of at least 4 members (excludes halogenated alkanes) is 1. The van der Waals surface area contributed by atoms with Crippen molar-refractivity contribution in [1.82, 2.24) is 4.98 Å². The van der Waals surface area contributed by atoms with Crippen molar-refractivity contribution < 1.29 is 19.1 Å². The van der Waals surface area contributed by atoms with E-state index in [-0.39, 0.29) is 12.5 Å². The molecule has 1 saturated heterocycles. The Morgan fingerprint density at radius 3 is 2.83 bits per heavy atom. The number of morpholine rings is 1. The summed E-state index contributed by atoms with van der Waals surface area (Å²) in [4.78, 5) is 17.7. The van der Waals surface area contributed by atoms with E-state index in [4.69, 9.17) is 19.2 Å². The molecule has 1 N–H and O–H groups in total. The Kier molecular flexibility index (Phi) is 13.4. The lowest BCUT2D eigenvalue weighted by Gasteiger charge is -2.32. The number of anilines is 1. The van der Waals surface area contributed by atoms with E-state index in [0.717, 1.165) is 60.4 Å². The topological polar surface area (TPSA) is 75.8 Å². The van der Waals surface area contributed by atoms with Crippen molar-refractivity contribution >= 4 is 18.1 Å². The van der Waals surface area contributed by atoms with Gasteiger partial charge in [0.15, 0.2) is 5.76 Å². The lowest BCUT2D eigenvalue weighted by Crippen LogP contribution is -2.39. The number of carboxylic acids is 1. The van der Waals surface area contributed by atoms with Crippen LogP contribution in [-0.2, 0) is 16.0 Å². The zero-order valence-corrected chi connectivity index (χ0v) is 25.6. The Labute approximate surface area is 251 Å². The lowest BCUT2D eigenvalue weighted by atomic mass is 9.88. The van der Waals surface area contributed by atoms with E-state index in [1.807, 2.05) is 44.2 Å². The molecule has 1 aliphatic heterocycles. The maximum Gasteiger partial charge on any atom is 0.303 e. The maximum absolute atomic E-state index is 10.9. The minimum Gasteiger partial charge on any atom is -0.481 e. The van der Waals surface area contributed by atoms with Gasteiger partial charge in [0.05, 0.1) is 24.5 Å². The second kappa shape index (κ2) is 17.2. The molecule has 42 heavy (non-hydrogen) atoms. The highest BCUT2D eigenvalue weighted by molar-refractivity contribution is 5.66. The third-order valence-corrected chi connectivity index (χ3v) is 7.39. The Hall–Kier alpha value is -3.86. The molecule has 0 bridgehead atoms. The van der Waals surface area contributed by atoms with E-state index < -0.39 is 5.97 Å². The largest absolute Gasteiger partial charge is 0.481 e. The molecule has 1 unspecified atom stereocenters. The number of hydrogen-bond donors (Lipinski definition) is 1. The summed E-state index contributed by atoms with van der Waals surface area (Å²) in [6.45, 7) is 13.6. The fourth-order valence-corrected chi connectivity index (χ4v) is 5.18. The highest BCUT2D eigenvalue weighted by atomic mass is 16.5. The lowest BCUT2D eigenvalue weighted by molar-refractivity contribution is -0.137. The van der Waals surface area contributed by atoms with Crippen LogP contribution in [0.15, 0.2) is 99.9 Å². The van der Waals surface area contributed by atoms with Crippen LogP contribution >= 0.6 is 0 Å². The van der Waals surface area contributed by atoms with Crippen LogP contribution in [0.1, 0.15) is 77.7 Å². The Bertz CT molecular complexity index is 1330. The molecule has 1 aromatic rings. The monoisotopic (exact) mass is 570 g/mol. The molecule has 3 aliphatic rings. The summed E-state index contributed by atoms with van der Waals surface area (Å²) in [5, 5.41) is 8.94. The second-order valence-electron chi connectivity index (χ2n) is 10.3. The van der Waals surface area contributed by atoms with Crippen molar-refractivity contribution in [3.05, 3.63) is 107 Å². The van der Waals surface area contributed by atoms with Gasteiger partial charge >= 0.3 is 12.0 Å². The fourth-order valence-electron chi connectivity index (χ4n) is 5.18. The normalized spacial score (nSPS) is 20.1. The molecule has 2 atom stereocenters. The van der Waals surface area contributed by atoms with E-state index in [9.17, 15) is 4.79 Å². The average Bonchev–Trinajstić information content (AvgIpc) is 3.26. The summed E-state index contributed by atoms with van der Waals surface area (Å²) < 4.78 is 12.2. The van der Waals surface area contributed by atoms with Crippen LogP contribution in [0, 0.1) is 5.92 Å². The Morgan fingerprint density at radius 2 is 2.07 bits per heavy atom. The summed E-state index contributed by atoms with van der Waals surface area (Å²) >= 11 is 0. The molecule has 0 saturated carbocycles. The van der Waals surface area contributed by atoms with Gasteiger partial charge in [0, 0.05) is 12.8 Å². The van der Waals surface area contributed by atoms with Gasteiger partial charge in [-0.3, -0.25) is 9.69 Å². The first-order chi connectivity index (χ1) is 20.5. The smallest absolute Gasteiger partial charge is 0.303 e. The first kappa shape index (κ1) is 32.7. The summed E-state index contributed by atoms with van der Waals surface area (Å²) in [7, 11) is 0. The van der Waals surface area contributed by atoms with Gasteiger partial charge in [-0.25, -0.2) is 0 Å². The summed E-state index contributed by atoms with van der Waals surface area (Å²) in [6.07, 6.45) is 27.9. The van der Waals surface area contributed by atoms with E-state index in [0.29, 0.717) is 31.5 Å². The minimum atomic E-state index is -0.727. The average molecular weight is 571 g/mol. The van der Waals surface area contributed by atoms with Gasteiger partial charge in [0.25, 0.3) is 0 Å². The van der Waals surface area contributed by atoms with E-state index in [1.54, 1.807) is 0 Å². The van der Waals surface area contributed by atoms with Crippen LogP contribution in [0.2, 0.25) is 0 Å². The van der Waals surface area contributed by atoms with Gasteiger partial charge in [-0.15, -0.1) is 0 Å². The fraction of sp³-hybridized carbons (Fsp3) is 0.417. The van der Waals surface area contributed by atoms with Gasteiger partial charge in [0.2, 0.25) is 0 Å². The quantitative estimate of drug-likeness (QED) is 0.154. The number of nitrogens with zero attached hydrogens (tertiary/aromatic N) is 2. The number of rotatable bonds is 12. The number of fused-ring (bicyclic) bond motifs is 2. The third-order valence-electron chi connectivity index (χ3n) is 7.39. The third kappa shape index (κ3) is 9.07. The number of allylic oxidation sites excluding steroid dienone is 11. The molecule has 224 valence electrons. The molecule has 0 aromatic carbocycles. The number of carbonyl (C=O) groups is 1. The molecule has 1 aromatic heterocycles. The van der Waals surface area contributed by atoms with E-state index in [2.05, 4.69) is 67.5 Å². The zero-order valence-electron chi connectivity index (χ0n) is 25.6. The van der Waals surface area contributed by atoms with Crippen molar-refractivity contribution in [3.63, 3.8) is 0 Å². The number of carboxylic acid groups (broad SMARTS) is 1. The number of hydrogen-bond acceptors (Lipinski definition) is 5. The summed E-state index contributed by atoms with van der Waals surface area (Å²) in [5.74, 6) is 0.450. The Balaban J connectivity index is 0.00000237. The minimum absolute atomic E-state index is 0.229.